The van der Waals surface area contributed by atoms with E-state index in [-0.39, 0.29) is 30.5 Å². The van der Waals surface area contributed by atoms with Crippen molar-refractivity contribution < 1.29 is 9.90 Å². The minimum Gasteiger partial charge on any atom is -0.392 e. The molecular formula is C12H23ClN2O2. The van der Waals surface area contributed by atoms with Crippen molar-refractivity contribution in [3.8, 4) is 0 Å². The third kappa shape index (κ3) is 4.12. The van der Waals surface area contributed by atoms with Gasteiger partial charge >= 0.3 is 0 Å². The highest BCUT2D eigenvalue weighted by Crippen LogP contribution is 2.30. The van der Waals surface area contributed by atoms with Crippen LogP contribution in [0.15, 0.2) is 0 Å². The maximum absolute atomic E-state index is 12.2. The SMILES string of the molecule is CCCN(CC1CC1)C(=O)C1CC(O)CN1.Cl. The van der Waals surface area contributed by atoms with Crippen molar-refractivity contribution in [1.82, 2.24) is 10.2 Å². The largest absolute Gasteiger partial charge is 0.392 e. The fourth-order valence-corrected chi connectivity index (χ4v) is 2.30. The van der Waals surface area contributed by atoms with Gasteiger partial charge in [0, 0.05) is 19.6 Å². The lowest BCUT2D eigenvalue weighted by Gasteiger charge is -2.25. The molecule has 2 aliphatic rings. The molecule has 17 heavy (non-hydrogen) atoms. The second kappa shape index (κ2) is 6.57. The van der Waals surface area contributed by atoms with Crippen molar-refractivity contribution in [1.29, 1.82) is 0 Å². The molecule has 2 atom stereocenters. The molecule has 5 heteroatoms. The summed E-state index contributed by atoms with van der Waals surface area (Å²) in [6.07, 6.45) is 3.78. The summed E-state index contributed by atoms with van der Waals surface area (Å²) in [7, 11) is 0. The van der Waals surface area contributed by atoms with Crippen molar-refractivity contribution in [3.63, 3.8) is 0 Å². The number of nitrogens with zero attached hydrogens (tertiary/aromatic N) is 1. The zero-order valence-electron chi connectivity index (χ0n) is 10.4. The lowest BCUT2D eigenvalue weighted by atomic mass is 10.1. The summed E-state index contributed by atoms with van der Waals surface area (Å²) in [5.41, 5.74) is 0. The first-order valence-electron chi connectivity index (χ1n) is 6.41. The zero-order valence-corrected chi connectivity index (χ0v) is 11.2. The summed E-state index contributed by atoms with van der Waals surface area (Å²) in [6.45, 7) is 4.43. The van der Waals surface area contributed by atoms with Gasteiger partial charge in [-0.2, -0.15) is 0 Å². The first-order valence-corrected chi connectivity index (χ1v) is 6.41. The molecular weight excluding hydrogens is 240 g/mol. The van der Waals surface area contributed by atoms with E-state index in [0.717, 1.165) is 25.4 Å². The van der Waals surface area contributed by atoms with Crippen LogP contribution in [0.4, 0.5) is 0 Å². The van der Waals surface area contributed by atoms with Crippen LogP contribution in [0.1, 0.15) is 32.6 Å². The predicted octanol–water partition coefficient (Wildman–Crippen LogP) is 0.780. The second-order valence-electron chi connectivity index (χ2n) is 5.08. The molecule has 2 fully saturated rings. The molecule has 1 saturated carbocycles. The number of carbonyl (C=O) groups excluding carboxylic acids is 1. The molecule has 1 aliphatic carbocycles. The van der Waals surface area contributed by atoms with Crippen LogP contribution in [0.5, 0.6) is 0 Å². The van der Waals surface area contributed by atoms with E-state index in [2.05, 4.69) is 12.2 Å². The normalized spacial score (nSPS) is 27.6. The van der Waals surface area contributed by atoms with E-state index in [1.807, 2.05) is 4.90 Å². The van der Waals surface area contributed by atoms with Crippen molar-refractivity contribution in [3.05, 3.63) is 0 Å². The molecule has 2 unspecified atom stereocenters. The Bertz CT molecular complexity index is 259. The van der Waals surface area contributed by atoms with E-state index in [1.165, 1.54) is 12.8 Å². The van der Waals surface area contributed by atoms with Crippen LogP contribution >= 0.6 is 12.4 Å². The fourth-order valence-electron chi connectivity index (χ4n) is 2.30. The quantitative estimate of drug-likeness (QED) is 0.770. The van der Waals surface area contributed by atoms with Gasteiger partial charge in [0.2, 0.25) is 5.91 Å². The van der Waals surface area contributed by atoms with Gasteiger partial charge in [0.1, 0.15) is 0 Å². The number of rotatable bonds is 5. The molecule has 0 spiro atoms. The van der Waals surface area contributed by atoms with E-state index in [0.29, 0.717) is 13.0 Å². The molecule has 1 heterocycles. The van der Waals surface area contributed by atoms with Crippen LogP contribution in [-0.2, 0) is 4.79 Å². The third-order valence-electron chi connectivity index (χ3n) is 3.39. The van der Waals surface area contributed by atoms with Gasteiger partial charge in [0.15, 0.2) is 0 Å². The number of nitrogens with one attached hydrogen (secondary N) is 1. The Kier molecular flexibility index (Phi) is 5.70. The Morgan fingerprint density at radius 3 is 2.65 bits per heavy atom. The summed E-state index contributed by atoms with van der Waals surface area (Å²) in [5.74, 6) is 0.923. The van der Waals surface area contributed by atoms with Gasteiger partial charge in [-0.15, -0.1) is 12.4 Å². The second-order valence-corrected chi connectivity index (χ2v) is 5.08. The number of halogens is 1. The monoisotopic (exact) mass is 262 g/mol. The minimum absolute atomic E-state index is 0. The van der Waals surface area contributed by atoms with Gasteiger partial charge in [0.25, 0.3) is 0 Å². The lowest BCUT2D eigenvalue weighted by molar-refractivity contribution is -0.133. The number of hydrogen-bond acceptors (Lipinski definition) is 3. The molecule has 0 radical (unpaired) electrons. The van der Waals surface area contributed by atoms with Crippen molar-refractivity contribution in [2.45, 2.75) is 44.8 Å². The molecule has 1 saturated heterocycles. The van der Waals surface area contributed by atoms with Crippen LogP contribution < -0.4 is 5.32 Å². The lowest BCUT2D eigenvalue weighted by Crippen LogP contribution is -2.44. The van der Waals surface area contributed by atoms with E-state index in [4.69, 9.17) is 0 Å². The minimum atomic E-state index is -0.349. The number of β-amino-alcohol motifs (C(OH)–C–C–N with tert-alkyl or cyclic N) is 1. The van der Waals surface area contributed by atoms with Gasteiger partial charge in [-0.25, -0.2) is 0 Å². The summed E-state index contributed by atoms with van der Waals surface area (Å²) < 4.78 is 0. The van der Waals surface area contributed by atoms with Gasteiger partial charge in [-0.05, 0) is 31.6 Å². The summed E-state index contributed by atoms with van der Waals surface area (Å²) in [4.78, 5) is 14.2. The number of aliphatic hydroxyl groups excluding tert-OH is 1. The molecule has 0 aromatic heterocycles. The van der Waals surface area contributed by atoms with E-state index < -0.39 is 0 Å². The highest BCUT2D eigenvalue weighted by molar-refractivity contribution is 5.85. The Hall–Kier alpha value is -0.320. The number of hydrogen-bond donors (Lipinski definition) is 2. The number of aliphatic hydroxyl groups is 1. The van der Waals surface area contributed by atoms with E-state index >= 15 is 0 Å². The Balaban J connectivity index is 0.00000144. The zero-order chi connectivity index (χ0) is 11.5. The van der Waals surface area contributed by atoms with Crippen molar-refractivity contribution in [2.75, 3.05) is 19.6 Å². The van der Waals surface area contributed by atoms with Gasteiger partial charge < -0.3 is 15.3 Å². The van der Waals surface area contributed by atoms with Crippen LogP contribution in [0.3, 0.4) is 0 Å². The first-order chi connectivity index (χ1) is 7.70. The standard InChI is InChI=1S/C12H22N2O2.ClH/c1-2-5-14(8-9-3-4-9)12(16)11-6-10(15)7-13-11;/h9-11,13,15H,2-8H2,1H3;1H. The first kappa shape index (κ1) is 14.7. The highest BCUT2D eigenvalue weighted by atomic mass is 35.5. The Labute approximate surface area is 109 Å². The fraction of sp³-hybridized carbons (Fsp3) is 0.917. The van der Waals surface area contributed by atoms with Crippen molar-refractivity contribution >= 4 is 18.3 Å². The summed E-state index contributed by atoms with van der Waals surface area (Å²) in [5, 5.41) is 12.5. The Morgan fingerprint density at radius 1 is 1.47 bits per heavy atom. The van der Waals surface area contributed by atoms with Crippen LogP contribution in [0, 0.1) is 5.92 Å². The third-order valence-corrected chi connectivity index (χ3v) is 3.39. The summed E-state index contributed by atoms with van der Waals surface area (Å²) >= 11 is 0. The molecule has 0 aromatic rings. The van der Waals surface area contributed by atoms with Gasteiger partial charge in [0.05, 0.1) is 12.1 Å². The molecule has 2 N–H and O–H groups in total. The molecule has 1 aliphatic heterocycles. The number of amides is 1. The predicted molar refractivity (Wildman–Crippen MR) is 69.3 cm³/mol. The van der Waals surface area contributed by atoms with Crippen LogP contribution in [0.25, 0.3) is 0 Å². The molecule has 100 valence electrons. The topological polar surface area (TPSA) is 52.6 Å². The average Bonchev–Trinajstić information content (AvgIpc) is 2.97. The summed E-state index contributed by atoms with van der Waals surface area (Å²) in [6, 6.07) is -0.153. The molecule has 4 nitrogen and oxygen atoms in total. The van der Waals surface area contributed by atoms with Gasteiger partial charge in [-0.1, -0.05) is 6.92 Å². The Morgan fingerprint density at radius 2 is 2.18 bits per heavy atom. The molecule has 0 bridgehead atoms. The van der Waals surface area contributed by atoms with E-state index in [1.54, 1.807) is 0 Å². The van der Waals surface area contributed by atoms with Gasteiger partial charge in [-0.3, -0.25) is 4.79 Å². The smallest absolute Gasteiger partial charge is 0.239 e. The average molecular weight is 263 g/mol. The van der Waals surface area contributed by atoms with Crippen molar-refractivity contribution in [2.24, 2.45) is 5.92 Å². The number of carbonyl (C=O) groups is 1. The molecule has 1 amide bonds. The maximum Gasteiger partial charge on any atom is 0.239 e. The van der Waals surface area contributed by atoms with Crippen LogP contribution in [0.2, 0.25) is 0 Å². The maximum atomic E-state index is 12.2. The molecule has 2 rings (SSSR count). The van der Waals surface area contributed by atoms with E-state index in [9.17, 15) is 9.90 Å². The van der Waals surface area contributed by atoms with Crippen LogP contribution in [-0.4, -0.2) is 47.7 Å². The highest BCUT2D eigenvalue weighted by Gasteiger charge is 2.33. The molecule has 0 aromatic carbocycles.